The van der Waals surface area contributed by atoms with Crippen LogP contribution in [-0.2, 0) is 4.74 Å². The Hall–Kier alpha value is -2.57. The molecule has 0 spiro atoms. The zero-order valence-electron chi connectivity index (χ0n) is 14.8. The van der Waals surface area contributed by atoms with Crippen LogP contribution >= 0.6 is 0 Å². The van der Waals surface area contributed by atoms with Crippen LogP contribution in [0.3, 0.4) is 0 Å². The molecular weight excluding hydrogens is 334 g/mol. The number of aliphatic hydroxyl groups excluding tert-OH is 2. The standard InChI is InChI=1S/C20H25NO5/c1-15(11-12-22)19(17-9-5-6-10-18(17)25-14-13-23)26-20(24)21-16-7-3-2-4-8-16/h2-10,15,19,22-23H,11-14H2,1H3,(H,21,24)/t15-,19-/m0/s1. The molecule has 26 heavy (non-hydrogen) atoms. The highest BCUT2D eigenvalue weighted by Gasteiger charge is 2.26. The van der Waals surface area contributed by atoms with Crippen molar-refractivity contribution in [3.05, 3.63) is 60.2 Å². The van der Waals surface area contributed by atoms with E-state index in [9.17, 15) is 9.90 Å². The summed E-state index contributed by atoms with van der Waals surface area (Å²) >= 11 is 0. The first-order valence-electron chi connectivity index (χ1n) is 8.61. The summed E-state index contributed by atoms with van der Waals surface area (Å²) in [5.74, 6) is 0.421. The number of nitrogens with one attached hydrogen (secondary N) is 1. The first-order valence-corrected chi connectivity index (χ1v) is 8.61. The molecule has 2 aromatic carbocycles. The molecule has 2 rings (SSSR count). The van der Waals surface area contributed by atoms with Crippen LogP contribution < -0.4 is 10.1 Å². The lowest BCUT2D eigenvalue weighted by Crippen LogP contribution is -2.23. The van der Waals surface area contributed by atoms with Crippen molar-refractivity contribution in [2.24, 2.45) is 5.92 Å². The molecule has 0 fully saturated rings. The Kier molecular flexibility index (Phi) is 7.92. The minimum atomic E-state index is -0.597. The van der Waals surface area contributed by atoms with E-state index in [1.807, 2.05) is 43.3 Å². The maximum absolute atomic E-state index is 12.4. The van der Waals surface area contributed by atoms with Gasteiger partial charge in [-0.15, -0.1) is 0 Å². The van der Waals surface area contributed by atoms with Crippen molar-refractivity contribution >= 4 is 11.8 Å². The SMILES string of the molecule is C[C@@H](CCO)[C@H](OC(=O)Nc1ccccc1)c1ccccc1OCCO. The number of carbonyl (C=O) groups is 1. The van der Waals surface area contributed by atoms with E-state index in [1.54, 1.807) is 18.2 Å². The van der Waals surface area contributed by atoms with Crippen molar-refractivity contribution < 1.29 is 24.5 Å². The van der Waals surface area contributed by atoms with Crippen LogP contribution in [-0.4, -0.2) is 36.1 Å². The molecule has 3 N–H and O–H groups in total. The van der Waals surface area contributed by atoms with Gasteiger partial charge in [-0.2, -0.15) is 0 Å². The molecular formula is C20H25NO5. The zero-order chi connectivity index (χ0) is 18.8. The van der Waals surface area contributed by atoms with Gasteiger partial charge in [0.15, 0.2) is 0 Å². The number of benzene rings is 2. The Labute approximate surface area is 153 Å². The van der Waals surface area contributed by atoms with E-state index in [0.717, 1.165) is 0 Å². The highest BCUT2D eigenvalue weighted by atomic mass is 16.6. The number of anilines is 1. The van der Waals surface area contributed by atoms with E-state index < -0.39 is 12.2 Å². The van der Waals surface area contributed by atoms with Gasteiger partial charge in [-0.05, 0) is 30.5 Å². The van der Waals surface area contributed by atoms with E-state index in [1.165, 1.54) is 0 Å². The molecule has 2 atom stereocenters. The summed E-state index contributed by atoms with van der Waals surface area (Å²) in [5, 5.41) is 21.0. The van der Waals surface area contributed by atoms with Gasteiger partial charge in [0.1, 0.15) is 18.5 Å². The van der Waals surface area contributed by atoms with Crippen LogP contribution in [0.2, 0.25) is 0 Å². The number of para-hydroxylation sites is 2. The van der Waals surface area contributed by atoms with E-state index in [-0.39, 0.29) is 25.7 Å². The fraction of sp³-hybridized carbons (Fsp3) is 0.350. The Morgan fingerprint density at radius 1 is 1.04 bits per heavy atom. The monoisotopic (exact) mass is 359 g/mol. The van der Waals surface area contributed by atoms with Gasteiger partial charge in [0.2, 0.25) is 0 Å². The number of ether oxygens (including phenoxy) is 2. The third-order valence-electron chi connectivity index (χ3n) is 3.93. The second kappa shape index (κ2) is 10.4. The number of rotatable bonds is 9. The number of aliphatic hydroxyl groups is 2. The molecule has 2 aromatic rings. The van der Waals surface area contributed by atoms with Crippen molar-refractivity contribution in [2.45, 2.75) is 19.4 Å². The van der Waals surface area contributed by atoms with Crippen molar-refractivity contribution in [3.63, 3.8) is 0 Å². The summed E-state index contributed by atoms with van der Waals surface area (Å²) in [7, 11) is 0. The van der Waals surface area contributed by atoms with Crippen LogP contribution in [0.25, 0.3) is 0 Å². The van der Waals surface area contributed by atoms with E-state index in [4.69, 9.17) is 14.6 Å². The lowest BCUT2D eigenvalue weighted by molar-refractivity contribution is 0.0641. The van der Waals surface area contributed by atoms with E-state index in [0.29, 0.717) is 23.4 Å². The van der Waals surface area contributed by atoms with Gasteiger partial charge in [-0.25, -0.2) is 4.79 Å². The fourth-order valence-corrected chi connectivity index (χ4v) is 2.63. The molecule has 1 amide bonds. The number of hydrogen-bond acceptors (Lipinski definition) is 5. The molecule has 0 radical (unpaired) electrons. The van der Waals surface area contributed by atoms with Gasteiger partial charge in [-0.1, -0.05) is 43.3 Å². The van der Waals surface area contributed by atoms with Gasteiger partial charge in [-0.3, -0.25) is 5.32 Å². The van der Waals surface area contributed by atoms with Crippen LogP contribution in [0.5, 0.6) is 5.75 Å². The van der Waals surface area contributed by atoms with E-state index in [2.05, 4.69) is 5.32 Å². The van der Waals surface area contributed by atoms with E-state index >= 15 is 0 Å². The van der Waals surface area contributed by atoms with Crippen LogP contribution in [0.1, 0.15) is 25.0 Å². The molecule has 0 aliphatic carbocycles. The van der Waals surface area contributed by atoms with Crippen molar-refractivity contribution in [2.75, 3.05) is 25.1 Å². The Bertz CT molecular complexity index is 677. The molecule has 0 aliphatic rings. The molecule has 0 saturated heterocycles. The topological polar surface area (TPSA) is 88.0 Å². The lowest BCUT2D eigenvalue weighted by atomic mass is 9.94. The molecule has 0 aliphatic heterocycles. The first kappa shape index (κ1) is 19.8. The molecule has 6 heteroatoms. The minimum Gasteiger partial charge on any atom is -0.491 e. The van der Waals surface area contributed by atoms with Crippen LogP contribution in [0.15, 0.2) is 54.6 Å². The van der Waals surface area contributed by atoms with Gasteiger partial charge in [0.05, 0.1) is 6.61 Å². The molecule has 0 unspecified atom stereocenters. The average molecular weight is 359 g/mol. The zero-order valence-corrected chi connectivity index (χ0v) is 14.8. The fourth-order valence-electron chi connectivity index (χ4n) is 2.63. The van der Waals surface area contributed by atoms with Crippen molar-refractivity contribution in [3.8, 4) is 5.75 Å². The highest BCUT2D eigenvalue weighted by Crippen LogP contribution is 2.35. The molecule has 140 valence electrons. The minimum absolute atomic E-state index is 0.0129. The van der Waals surface area contributed by atoms with Crippen molar-refractivity contribution in [1.82, 2.24) is 0 Å². The summed E-state index contributed by atoms with van der Waals surface area (Å²) < 4.78 is 11.2. The average Bonchev–Trinajstić information content (AvgIpc) is 2.66. The molecule has 6 nitrogen and oxygen atoms in total. The maximum atomic E-state index is 12.4. The predicted octanol–water partition coefficient (Wildman–Crippen LogP) is 3.37. The van der Waals surface area contributed by atoms with Gasteiger partial charge in [0.25, 0.3) is 0 Å². The Morgan fingerprint density at radius 3 is 2.42 bits per heavy atom. The normalized spacial score (nSPS) is 12.9. The summed E-state index contributed by atoms with van der Waals surface area (Å²) in [6.45, 7) is 1.93. The van der Waals surface area contributed by atoms with Gasteiger partial charge in [0, 0.05) is 17.9 Å². The predicted molar refractivity (Wildman–Crippen MR) is 99.2 cm³/mol. The van der Waals surface area contributed by atoms with Crippen LogP contribution in [0, 0.1) is 5.92 Å². The lowest BCUT2D eigenvalue weighted by Gasteiger charge is -2.26. The summed E-state index contributed by atoms with van der Waals surface area (Å²) in [6.07, 6.45) is -0.707. The third-order valence-corrected chi connectivity index (χ3v) is 3.93. The maximum Gasteiger partial charge on any atom is 0.412 e. The van der Waals surface area contributed by atoms with Crippen LogP contribution in [0.4, 0.5) is 10.5 Å². The number of hydrogen-bond donors (Lipinski definition) is 3. The number of carbonyl (C=O) groups excluding carboxylic acids is 1. The summed E-state index contributed by atoms with van der Waals surface area (Å²) in [6, 6.07) is 16.3. The molecule has 0 saturated carbocycles. The van der Waals surface area contributed by atoms with Gasteiger partial charge < -0.3 is 19.7 Å². The summed E-state index contributed by atoms with van der Waals surface area (Å²) in [5.41, 5.74) is 1.33. The molecule has 0 bridgehead atoms. The second-order valence-corrected chi connectivity index (χ2v) is 5.92. The third kappa shape index (κ3) is 5.75. The first-order chi connectivity index (χ1) is 12.7. The summed E-state index contributed by atoms with van der Waals surface area (Å²) in [4.78, 5) is 12.4. The highest BCUT2D eigenvalue weighted by molar-refractivity contribution is 5.84. The number of amides is 1. The Balaban J connectivity index is 2.19. The smallest absolute Gasteiger partial charge is 0.412 e. The second-order valence-electron chi connectivity index (χ2n) is 5.92. The van der Waals surface area contributed by atoms with Crippen molar-refractivity contribution in [1.29, 1.82) is 0 Å². The molecule has 0 heterocycles. The Morgan fingerprint density at radius 2 is 1.73 bits per heavy atom. The quantitative estimate of drug-likeness (QED) is 0.639. The molecule has 0 aromatic heterocycles. The van der Waals surface area contributed by atoms with Gasteiger partial charge >= 0.3 is 6.09 Å². The largest absolute Gasteiger partial charge is 0.491 e.